The molecule has 1 aromatic heterocycles. The summed E-state index contributed by atoms with van der Waals surface area (Å²) in [5.41, 5.74) is 1.02. The molecule has 0 saturated carbocycles. The highest BCUT2D eigenvalue weighted by molar-refractivity contribution is 5.97. The molecule has 0 saturated heterocycles. The Hall–Kier alpha value is -3.49. The van der Waals surface area contributed by atoms with Gasteiger partial charge in [-0.1, -0.05) is 12.1 Å². The average molecular weight is 357 g/mol. The molecule has 1 aliphatic heterocycles. The SMILES string of the molecule is CCOC(=O)c1cccc(CN2C(=O)COc3ccc([N+](=O)[O-])nc32)c1. The van der Waals surface area contributed by atoms with Crippen LogP contribution in [0.3, 0.4) is 0 Å². The first-order valence-electron chi connectivity index (χ1n) is 7.84. The molecule has 1 amide bonds. The molecule has 0 bridgehead atoms. The lowest BCUT2D eigenvalue weighted by Crippen LogP contribution is -2.39. The van der Waals surface area contributed by atoms with Crippen LogP contribution in [0.4, 0.5) is 11.6 Å². The number of nitrogens with zero attached hydrogens (tertiary/aromatic N) is 3. The number of hydrogen-bond acceptors (Lipinski definition) is 7. The van der Waals surface area contributed by atoms with E-state index in [-0.39, 0.29) is 43.1 Å². The number of ether oxygens (including phenoxy) is 2. The fourth-order valence-electron chi connectivity index (χ4n) is 2.53. The number of rotatable bonds is 5. The molecule has 0 spiro atoms. The smallest absolute Gasteiger partial charge is 0.366 e. The van der Waals surface area contributed by atoms with Gasteiger partial charge in [-0.25, -0.2) is 4.79 Å². The summed E-state index contributed by atoms with van der Waals surface area (Å²) in [4.78, 5) is 39.7. The number of hydrogen-bond donors (Lipinski definition) is 0. The quantitative estimate of drug-likeness (QED) is 0.457. The highest BCUT2D eigenvalue weighted by atomic mass is 16.6. The number of aromatic nitrogens is 1. The Balaban J connectivity index is 1.92. The maximum Gasteiger partial charge on any atom is 0.366 e. The van der Waals surface area contributed by atoms with Gasteiger partial charge in [-0.15, -0.1) is 0 Å². The maximum atomic E-state index is 12.3. The Labute approximate surface area is 148 Å². The monoisotopic (exact) mass is 357 g/mol. The van der Waals surface area contributed by atoms with E-state index in [4.69, 9.17) is 9.47 Å². The van der Waals surface area contributed by atoms with Gasteiger partial charge < -0.3 is 19.6 Å². The van der Waals surface area contributed by atoms with Crippen LogP contribution in [-0.2, 0) is 16.1 Å². The van der Waals surface area contributed by atoms with Crippen molar-refractivity contribution in [1.29, 1.82) is 0 Å². The third-order valence-electron chi connectivity index (χ3n) is 3.70. The number of esters is 1. The van der Waals surface area contributed by atoms with E-state index < -0.39 is 10.9 Å². The topological polar surface area (TPSA) is 112 Å². The van der Waals surface area contributed by atoms with E-state index in [1.807, 2.05) is 0 Å². The van der Waals surface area contributed by atoms with Crippen LogP contribution >= 0.6 is 0 Å². The molecular weight excluding hydrogens is 342 g/mol. The molecular formula is C17H15N3O6. The summed E-state index contributed by atoms with van der Waals surface area (Å²) in [6.07, 6.45) is 0. The number of fused-ring (bicyclic) bond motifs is 1. The summed E-state index contributed by atoms with van der Waals surface area (Å²) >= 11 is 0. The van der Waals surface area contributed by atoms with Crippen LogP contribution in [0.15, 0.2) is 36.4 Å². The second kappa shape index (κ2) is 7.18. The van der Waals surface area contributed by atoms with Gasteiger partial charge in [0.25, 0.3) is 11.7 Å². The summed E-state index contributed by atoms with van der Waals surface area (Å²) in [5.74, 6) is -0.857. The lowest BCUT2D eigenvalue weighted by atomic mass is 10.1. The van der Waals surface area contributed by atoms with Gasteiger partial charge in [-0.3, -0.25) is 9.69 Å². The fraction of sp³-hybridized carbons (Fsp3) is 0.235. The summed E-state index contributed by atoms with van der Waals surface area (Å²) in [6, 6.07) is 9.26. The number of amides is 1. The lowest BCUT2D eigenvalue weighted by Gasteiger charge is -2.25. The molecule has 0 N–H and O–H groups in total. The number of carbonyl (C=O) groups is 2. The van der Waals surface area contributed by atoms with Crippen molar-refractivity contribution in [2.75, 3.05) is 18.1 Å². The van der Waals surface area contributed by atoms with Gasteiger partial charge in [-0.05, 0) is 40.6 Å². The molecule has 0 radical (unpaired) electrons. The zero-order valence-corrected chi connectivity index (χ0v) is 13.9. The zero-order valence-electron chi connectivity index (χ0n) is 13.9. The standard InChI is InChI=1S/C17H15N3O6/c1-2-25-17(22)12-5-3-4-11(8-12)9-19-15(21)10-26-13-6-7-14(20(23)24)18-16(13)19/h3-8H,2,9-10H2,1H3. The van der Waals surface area contributed by atoms with Gasteiger partial charge in [-0.2, -0.15) is 0 Å². The first-order valence-corrected chi connectivity index (χ1v) is 7.84. The van der Waals surface area contributed by atoms with E-state index in [1.54, 1.807) is 31.2 Å². The second-order valence-corrected chi connectivity index (χ2v) is 5.44. The van der Waals surface area contributed by atoms with Crippen molar-refractivity contribution in [2.45, 2.75) is 13.5 Å². The van der Waals surface area contributed by atoms with Crippen molar-refractivity contribution in [3.63, 3.8) is 0 Å². The predicted octanol–water partition coefficient (Wildman–Crippen LogP) is 2.09. The molecule has 9 heteroatoms. The molecule has 3 rings (SSSR count). The van der Waals surface area contributed by atoms with Crippen molar-refractivity contribution in [3.05, 3.63) is 57.6 Å². The van der Waals surface area contributed by atoms with Crippen molar-refractivity contribution in [2.24, 2.45) is 0 Å². The molecule has 2 aromatic rings. The molecule has 0 atom stereocenters. The van der Waals surface area contributed by atoms with E-state index in [0.717, 1.165) is 0 Å². The summed E-state index contributed by atoms with van der Waals surface area (Å²) in [5, 5.41) is 11.0. The Morgan fingerprint density at radius 1 is 1.38 bits per heavy atom. The molecule has 134 valence electrons. The van der Waals surface area contributed by atoms with Crippen LogP contribution in [0.1, 0.15) is 22.8 Å². The van der Waals surface area contributed by atoms with Crippen LogP contribution in [0.25, 0.3) is 0 Å². The number of pyridine rings is 1. The molecule has 0 fully saturated rings. The Bertz CT molecular complexity index is 883. The number of nitro groups is 1. The Kier molecular flexibility index (Phi) is 4.78. The third kappa shape index (κ3) is 3.46. The average Bonchev–Trinajstić information content (AvgIpc) is 2.64. The first-order chi connectivity index (χ1) is 12.5. The molecule has 1 aliphatic rings. The van der Waals surface area contributed by atoms with Crippen LogP contribution in [-0.4, -0.2) is 35.0 Å². The first kappa shape index (κ1) is 17.3. The van der Waals surface area contributed by atoms with E-state index in [9.17, 15) is 19.7 Å². The minimum absolute atomic E-state index is 0.0805. The van der Waals surface area contributed by atoms with Crippen LogP contribution in [0.5, 0.6) is 5.75 Å². The minimum Gasteiger partial charge on any atom is -0.477 e. The summed E-state index contributed by atoms with van der Waals surface area (Å²) in [6.45, 7) is 1.87. The van der Waals surface area contributed by atoms with Gasteiger partial charge >= 0.3 is 11.8 Å². The maximum absolute atomic E-state index is 12.3. The van der Waals surface area contributed by atoms with Crippen LogP contribution in [0.2, 0.25) is 0 Å². The molecule has 26 heavy (non-hydrogen) atoms. The highest BCUT2D eigenvalue weighted by Crippen LogP contribution is 2.33. The number of carbonyl (C=O) groups excluding carboxylic acids is 2. The summed E-state index contributed by atoms with van der Waals surface area (Å²) < 4.78 is 10.2. The normalized spacial score (nSPS) is 13.0. The number of benzene rings is 1. The highest BCUT2D eigenvalue weighted by Gasteiger charge is 2.32. The van der Waals surface area contributed by atoms with E-state index >= 15 is 0 Å². The summed E-state index contributed by atoms with van der Waals surface area (Å²) in [7, 11) is 0. The molecule has 0 unspecified atom stereocenters. The van der Waals surface area contributed by atoms with Gasteiger partial charge in [0.1, 0.15) is 0 Å². The van der Waals surface area contributed by atoms with Crippen molar-refractivity contribution in [3.8, 4) is 5.75 Å². The van der Waals surface area contributed by atoms with Gasteiger partial charge in [0, 0.05) is 6.07 Å². The largest absolute Gasteiger partial charge is 0.477 e. The molecule has 1 aromatic carbocycles. The minimum atomic E-state index is -0.640. The van der Waals surface area contributed by atoms with Gasteiger partial charge in [0.15, 0.2) is 12.4 Å². The van der Waals surface area contributed by atoms with Gasteiger partial charge in [0.05, 0.1) is 18.7 Å². The fourth-order valence-corrected chi connectivity index (χ4v) is 2.53. The molecule has 2 heterocycles. The Morgan fingerprint density at radius 3 is 2.92 bits per heavy atom. The van der Waals surface area contributed by atoms with Crippen molar-refractivity contribution in [1.82, 2.24) is 4.98 Å². The van der Waals surface area contributed by atoms with Gasteiger partial charge in [0.2, 0.25) is 0 Å². The van der Waals surface area contributed by atoms with E-state index in [0.29, 0.717) is 11.1 Å². The molecule has 0 aliphatic carbocycles. The second-order valence-electron chi connectivity index (χ2n) is 5.44. The Morgan fingerprint density at radius 2 is 2.19 bits per heavy atom. The van der Waals surface area contributed by atoms with Crippen LogP contribution in [0, 0.1) is 10.1 Å². The van der Waals surface area contributed by atoms with Crippen molar-refractivity contribution >= 4 is 23.5 Å². The molecule has 9 nitrogen and oxygen atoms in total. The predicted molar refractivity (Wildman–Crippen MR) is 90.0 cm³/mol. The van der Waals surface area contributed by atoms with E-state index in [1.165, 1.54) is 17.0 Å². The van der Waals surface area contributed by atoms with Crippen LogP contribution < -0.4 is 9.64 Å². The third-order valence-corrected chi connectivity index (χ3v) is 3.70. The van der Waals surface area contributed by atoms with E-state index in [2.05, 4.69) is 4.98 Å². The van der Waals surface area contributed by atoms with Crippen molar-refractivity contribution < 1.29 is 24.0 Å². The number of anilines is 1. The lowest BCUT2D eigenvalue weighted by molar-refractivity contribution is -0.389. The zero-order chi connectivity index (χ0) is 18.7.